The Hall–Kier alpha value is -2.44. The van der Waals surface area contributed by atoms with E-state index < -0.39 is 6.09 Å². The molecule has 25 heavy (non-hydrogen) atoms. The van der Waals surface area contributed by atoms with Crippen LogP contribution in [0.5, 0.6) is 0 Å². The fraction of sp³-hybridized carbons (Fsp3) is 0.556. The average molecular weight is 347 g/mol. The molecule has 0 bridgehead atoms. The summed E-state index contributed by atoms with van der Waals surface area (Å²) in [5.41, 5.74) is 9.32. The number of nitrogen functional groups attached to an aromatic ring is 1. The molecular formula is C18H25N3O4. The zero-order chi connectivity index (χ0) is 18.1. The summed E-state index contributed by atoms with van der Waals surface area (Å²) in [6, 6.07) is 3.78. The van der Waals surface area contributed by atoms with Gasteiger partial charge in [0.05, 0.1) is 30.1 Å². The molecule has 3 rings (SSSR count). The molecule has 7 heteroatoms. The van der Waals surface area contributed by atoms with E-state index in [1.54, 1.807) is 0 Å². The molecule has 2 aliphatic rings. The lowest BCUT2D eigenvalue weighted by molar-refractivity contribution is -0.145. The second-order valence-corrected chi connectivity index (χ2v) is 6.94. The molecule has 1 saturated carbocycles. The predicted molar refractivity (Wildman–Crippen MR) is 95.9 cm³/mol. The molecule has 0 saturated heterocycles. The molecule has 4 N–H and O–H groups in total. The molecular weight excluding hydrogens is 322 g/mol. The van der Waals surface area contributed by atoms with Gasteiger partial charge in [0.15, 0.2) is 0 Å². The van der Waals surface area contributed by atoms with Gasteiger partial charge in [0.2, 0.25) is 0 Å². The zero-order valence-electron chi connectivity index (χ0n) is 14.6. The van der Waals surface area contributed by atoms with Crippen LogP contribution in [0.25, 0.3) is 0 Å². The summed E-state index contributed by atoms with van der Waals surface area (Å²) < 4.78 is 4.82. The van der Waals surface area contributed by atoms with Crippen molar-refractivity contribution in [2.24, 2.45) is 5.92 Å². The number of esters is 1. The van der Waals surface area contributed by atoms with Crippen molar-refractivity contribution in [1.82, 2.24) is 0 Å². The number of nitrogens with one attached hydrogen (secondary N) is 1. The number of nitrogens with zero attached hydrogens (tertiary/aromatic N) is 1. The number of anilines is 3. The predicted octanol–water partition coefficient (Wildman–Crippen LogP) is 2.84. The Morgan fingerprint density at radius 3 is 2.76 bits per heavy atom. The van der Waals surface area contributed by atoms with E-state index in [1.807, 2.05) is 19.1 Å². The van der Waals surface area contributed by atoms with Crippen molar-refractivity contribution in [2.45, 2.75) is 51.1 Å². The summed E-state index contributed by atoms with van der Waals surface area (Å²) in [5.74, 6) is -0.224. The molecule has 1 fully saturated rings. The van der Waals surface area contributed by atoms with Gasteiger partial charge in [0, 0.05) is 17.6 Å². The third kappa shape index (κ3) is 3.23. The summed E-state index contributed by atoms with van der Waals surface area (Å²) in [7, 11) is 1.42. The van der Waals surface area contributed by atoms with Gasteiger partial charge in [-0.05, 0) is 51.2 Å². The second-order valence-electron chi connectivity index (χ2n) is 6.94. The minimum Gasteiger partial charge on any atom is -0.469 e. The monoisotopic (exact) mass is 347 g/mol. The van der Waals surface area contributed by atoms with Crippen LogP contribution < -0.4 is 16.0 Å². The number of benzene rings is 1. The van der Waals surface area contributed by atoms with Crippen molar-refractivity contribution < 1.29 is 19.4 Å². The Labute approximate surface area is 147 Å². The van der Waals surface area contributed by atoms with Crippen molar-refractivity contribution in [1.29, 1.82) is 0 Å². The molecule has 1 aliphatic heterocycles. The Morgan fingerprint density at radius 1 is 1.32 bits per heavy atom. The Bertz CT molecular complexity index is 691. The topological polar surface area (TPSA) is 105 Å². The summed E-state index contributed by atoms with van der Waals surface area (Å²) in [4.78, 5) is 24.6. The van der Waals surface area contributed by atoms with Crippen molar-refractivity contribution in [3.63, 3.8) is 0 Å². The summed E-state index contributed by atoms with van der Waals surface area (Å²) in [6.07, 6.45) is 2.97. The van der Waals surface area contributed by atoms with E-state index in [2.05, 4.69) is 5.32 Å². The van der Waals surface area contributed by atoms with Crippen molar-refractivity contribution in [3.8, 4) is 0 Å². The molecule has 2 unspecified atom stereocenters. The maximum atomic E-state index is 11.7. The van der Waals surface area contributed by atoms with Gasteiger partial charge >= 0.3 is 12.1 Å². The van der Waals surface area contributed by atoms with E-state index in [4.69, 9.17) is 10.5 Å². The van der Waals surface area contributed by atoms with Gasteiger partial charge in [-0.2, -0.15) is 0 Å². The fourth-order valence-corrected chi connectivity index (χ4v) is 3.99. The van der Waals surface area contributed by atoms with Gasteiger partial charge in [0.1, 0.15) is 0 Å². The standard InChI is InChI=1S/C18H25N3O4/c1-10-3-6-13-15(21(10)18(23)24)8-7-14(16(13)19)20-12-5-4-11(9-12)17(22)25-2/h7-8,10-12,20H,3-6,9,19H2,1-2H3,(H,23,24)/t10-,11?,12?/m0/s1. The van der Waals surface area contributed by atoms with Gasteiger partial charge in [0.25, 0.3) is 0 Å². The smallest absolute Gasteiger partial charge is 0.412 e. The van der Waals surface area contributed by atoms with E-state index in [1.165, 1.54) is 12.0 Å². The number of hydrogen-bond acceptors (Lipinski definition) is 5. The highest BCUT2D eigenvalue weighted by Gasteiger charge is 2.32. The van der Waals surface area contributed by atoms with Gasteiger partial charge in [-0.3, -0.25) is 9.69 Å². The number of carbonyl (C=O) groups is 2. The zero-order valence-corrected chi connectivity index (χ0v) is 14.6. The molecule has 1 aromatic rings. The first-order chi connectivity index (χ1) is 11.9. The Morgan fingerprint density at radius 2 is 2.08 bits per heavy atom. The number of hydrogen-bond donors (Lipinski definition) is 3. The number of amides is 1. The molecule has 0 radical (unpaired) electrons. The van der Waals surface area contributed by atoms with E-state index in [0.717, 1.165) is 43.4 Å². The van der Waals surface area contributed by atoms with E-state index in [9.17, 15) is 14.7 Å². The van der Waals surface area contributed by atoms with Crippen LogP contribution in [0.15, 0.2) is 12.1 Å². The second kappa shape index (κ2) is 6.82. The normalized spacial score (nSPS) is 25.4. The van der Waals surface area contributed by atoms with Crippen LogP contribution in [0.3, 0.4) is 0 Å². The lowest BCUT2D eigenvalue weighted by atomic mass is 9.94. The van der Waals surface area contributed by atoms with Crippen molar-refractivity contribution >= 4 is 29.1 Å². The molecule has 1 aliphatic carbocycles. The molecule has 136 valence electrons. The first-order valence-electron chi connectivity index (χ1n) is 8.70. The molecule has 1 amide bonds. The van der Waals surface area contributed by atoms with E-state index >= 15 is 0 Å². The van der Waals surface area contributed by atoms with Crippen LogP contribution in [0, 0.1) is 5.92 Å². The van der Waals surface area contributed by atoms with E-state index in [-0.39, 0.29) is 24.0 Å². The quantitative estimate of drug-likeness (QED) is 0.574. The summed E-state index contributed by atoms with van der Waals surface area (Å²) >= 11 is 0. The van der Waals surface area contributed by atoms with Gasteiger partial charge in [-0.25, -0.2) is 4.79 Å². The number of carbonyl (C=O) groups excluding carboxylic acids is 1. The average Bonchev–Trinajstić information content (AvgIpc) is 3.04. The lowest BCUT2D eigenvalue weighted by Crippen LogP contribution is -2.41. The fourth-order valence-electron chi connectivity index (χ4n) is 3.99. The van der Waals surface area contributed by atoms with Crippen LogP contribution in [-0.4, -0.2) is 36.4 Å². The van der Waals surface area contributed by atoms with Gasteiger partial charge in [-0.1, -0.05) is 0 Å². The maximum absolute atomic E-state index is 11.7. The number of rotatable bonds is 3. The largest absolute Gasteiger partial charge is 0.469 e. The maximum Gasteiger partial charge on any atom is 0.412 e. The van der Waals surface area contributed by atoms with Crippen LogP contribution >= 0.6 is 0 Å². The molecule has 0 spiro atoms. The van der Waals surface area contributed by atoms with Gasteiger partial charge < -0.3 is 20.9 Å². The Kier molecular flexibility index (Phi) is 4.74. The lowest BCUT2D eigenvalue weighted by Gasteiger charge is -2.34. The summed E-state index contributed by atoms with van der Waals surface area (Å²) in [5, 5.41) is 12.9. The van der Waals surface area contributed by atoms with Crippen LogP contribution in [-0.2, 0) is 16.0 Å². The number of methoxy groups -OCH3 is 1. The minimum absolute atomic E-state index is 0.0566. The minimum atomic E-state index is -0.953. The van der Waals surface area contributed by atoms with Gasteiger partial charge in [-0.15, -0.1) is 0 Å². The van der Waals surface area contributed by atoms with Crippen LogP contribution in [0.1, 0.15) is 38.2 Å². The number of fused-ring (bicyclic) bond motifs is 1. The molecule has 1 heterocycles. The van der Waals surface area contributed by atoms with Crippen LogP contribution in [0.2, 0.25) is 0 Å². The first-order valence-corrected chi connectivity index (χ1v) is 8.70. The SMILES string of the molecule is COC(=O)C1CCC(Nc2ccc3c(c2N)CC[C@H](C)N3C(=O)O)C1. The molecule has 3 atom stereocenters. The number of ether oxygens (including phenoxy) is 1. The van der Waals surface area contributed by atoms with Crippen molar-refractivity contribution in [3.05, 3.63) is 17.7 Å². The highest BCUT2D eigenvalue weighted by Crippen LogP contribution is 2.39. The third-order valence-corrected chi connectivity index (χ3v) is 5.38. The first kappa shape index (κ1) is 17.4. The van der Waals surface area contributed by atoms with E-state index in [0.29, 0.717) is 11.4 Å². The molecule has 7 nitrogen and oxygen atoms in total. The molecule has 0 aromatic heterocycles. The third-order valence-electron chi connectivity index (χ3n) is 5.38. The van der Waals surface area contributed by atoms with Crippen molar-refractivity contribution in [2.75, 3.05) is 23.1 Å². The number of carboxylic acid groups (broad SMARTS) is 1. The summed E-state index contributed by atoms with van der Waals surface area (Å²) in [6.45, 7) is 1.91. The van der Waals surface area contributed by atoms with Crippen LogP contribution in [0.4, 0.5) is 21.9 Å². The molecule has 1 aromatic carbocycles. The number of nitrogens with two attached hydrogens (primary N) is 1. The highest BCUT2D eigenvalue weighted by atomic mass is 16.5. The highest BCUT2D eigenvalue weighted by molar-refractivity contribution is 5.92. The Balaban J connectivity index is 1.79.